The molecule has 1 fully saturated rings. The molecular formula is C19H21FN2O5S. The number of sulfone groups is 1. The summed E-state index contributed by atoms with van der Waals surface area (Å²) >= 11 is 0. The lowest BCUT2D eigenvalue weighted by molar-refractivity contribution is -0.129. The van der Waals surface area contributed by atoms with Crippen LogP contribution in [0.4, 0.5) is 4.39 Å². The number of benzene rings is 1. The van der Waals surface area contributed by atoms with Crippen molar-refractivity contribution in [3.05, 3.63) is 48.0 Å². The van der Waals surface area contributed by atoms with Crippen LogP contribution in [0.25, 0.3) is 11.3 Å². The monoisotopic (exact) mass is 408 g/mol. The molecule has 2 N–H and O–H groups in total. The van der Waals surface area contributed by atoms with E-state index in [1.165, 1.54) is 6.07 Å². The maximum Gasteiger partial charge on any atom is 0.238 e. The number of carbonyl (C=O) groups is 2. The van der Waals surface area contributed by atoms with Gasteiger partial charge >= 0.3 is 0 Å². The quantitative estimate of drug-likeness (QED) is 0.711. The molecule has 0 aliphatic carbocycles. The van der Waals surface area contributed by atoms with E-state index in [1.807, 2.05) is 0 Å². The van der Waals surface area contributed by atoms with E-state index in [4.69, 9.17) is 4.42 Å². The Morgan fingerprint density at radius 3 is 2.57 bits per heavy atom. The van der Waals surface area contributed by atoms with E-state index in [9.17, 15) is 22.4 Å². The number of amides is 2. The molecule has 28 heavy (non-hydrogen) atoms. The Balaban J connectivity index is 1.41. The van der Waals surface area contributed by atoms with Gasteiger partial charge in [0.25, 0.3) is 0 Å². The number of hydrogen-bond donors (Lipinski definition) is 2. The fraction of sp³-hybridized carbons (Fsp3) is 0.368. The molecule has 1 saturated heterocycles. The SMILES string of the molecule is O=C(CCc1ccc(-c2ccccc2F)o1)NNC(=O)CC1CCS(=O)(=O)C1. The molecule has 1 aromatic carbocycles. The highest BCUT2D eigenvalue weighted by atomic mass is 32.2. The van der Waals surface area contributed by atoms with Crippen molar-refractivity contribution >= 4 is 21.7 Å². The lowest BCUT2D eigenvalue weighted by Gasteiger charge is -2.09. The first-order valence-corrected chi connectivity index (χ1v) is 10.8. The first kappa shape index (κ1) is 20.1. The van der Waals surface area contributed by atoms with Crippen molar-refractivity contribution in [3.8, 4) is 11.3 Å². The molecule has 7 nitrogen and oxygen atoms in total. The maximum atomic E-state index is 13.8. The van der Waals surface area contributed by atoms with Gasteiger partial charge in [0.1, 0.15) is 17.3 Å². The largest absolute Gasteiger partial charge is 0.461 e. The summed E-state index contributed by atoms with van der Waals surface area (Å²) in [7, 11) is -3.03. The van der Waals surface area contributed by atoms with Crippen LogP contribution in [-0.4, -0.2) is 31.7 Å². The lowest BCUT2D eigenvalue weighted by atomic mass is 10.1. The lowest BCUT2D eigenvalue weighted by Crippen LogP contribution is -2.42. The first-order valence-electron chi connectivity index (χ1n) is 8.94. The Morgan fingerprint density at radius 1 is 1.11 bits per heavy atom. The Labute approximate surface area is 162 Å². The first-order chi connectivity index (χ1) is 13.3. The molecule has 0 spiro atoms. The average molecular weight is 408 g/mol. The van der Waals surface area contributed by atoms with E-state index >= 15 is 0 Å². The number of nitrogens with one attached hydrogen (secondary N) is 2. The van der Waals surface area contributed by atoms with Crippen molar-refractivity contribution in [2.75, 3.05) is 11.5 Å². The number of hydrazine groups is 1. The molecule has 1 atom stereocenters. The fourth-order valence-corrected chi connectivity index (χ4v) is 4.96. The number of aryl methyl sites for hydroxylation is 1. The van der Waals surface area contributed by atoms with Gasteiger partial charge in [-0.25, -0.2) is 12.8 Å². The maximum absolute atomic E-state index is 13.8. The molecule has 1 aromatic heterocycles. The van der Waals surface area contributed by atoms with Crippen molar-refractivity contribution in [2.24, 2.45) is 5.92 Å². The fourth-order valence-electron chi connectivity index (χ4n) is 3.10. The second-order valence-corrected chi connectivity index (χ2v) is 9.04. The van der Waals surface area contributed by atoms with E-state index in [-0.39, 0.29) is 42.5 Å². The molecule has 0 saturated carbocycles. The number of carbonyl (C=O) groups excluding carboxylic acids is 2. The highest BCUT2D eigenvalue weighted by Gasteiger charge is 2.29. The van der Waals surface area contributed by atoms with Crippen LogP contribution in [0, 0.1) is 11.7 Å². The van der Waals surface area contributed by atoms with Gasteiger partial charge in [0.2, 0.25) is 11.8 Å². The summed E-state index contributed by atoms with van der Waals surface area (Å²) < 4.78 is 42.1. The van der Waals surface area contributed by atoms with Crippen molar-refractivity contribution in [3.63, 3.8) is 0 Å². The van der Waals surface area contributed by atoms with Gasteiger partial charge in [-0.2, -0.15) is 0 Å². The summed E-state index contributed by atoms with van der Waals surface area (Å²) in [5, 5.41) is 0. The molecule has 3 rings (SSSR count). The third-order valence-electron chi connectivity index (χ3n) is 4.54. The van der Waals surface area contributed by atoms with Crippen molar-refractivity contribution in [1.29, 1.82) is 0 Å². The summed E-state index contributed by atoms with van der Waals surface area (Å²) in [5.74, 6) is -0.400. The minimum atomic E-state index is -3.03. The van der Waals surface area contributed by atoms with Gasteiger partial charge in [-0.3, -0.25) is 20.4 Å². The Hall–Kier alpha value is -2.68. The Bertz CT molecular complexity index is 970. The van der Waals surface area contributed by atoms with E-state index in [0.717, 1.165) is 0 Å². The zero-order valence-corrected chi connectivity index (χ0v) is 15.9. The van der Waals surface area contributed by atoms with E-state index in [2.05, 4.69) is 10.9 Å². The second kappa shape index (κ2) is 8.55. The Kier molecular flexibility index (Phi) is 6.13. The molecule has 0 bridgehead atoms. The summed E-state index contributed by atoms with van der Waals surface area (Å²) in [5.41, 5.74) is 4.95. The van der Waals surface area contributed by atoms with Crippen molar-refractivity contribution in [2.45, 2.75) is 25.7 Å². The molecule has 1 aliphatic heterocycles. The third kappa shape index (κ3) is 5.41. The van der Waals surface area contributed by atoms with Crippen LogP contribution in [0.1, 0.15) is 25.0 Å². The standard InChI is InChI=1S/C19H21FN2O5S/c20-16-4-2-1-3-15(16)17-7-5-14(27-17)6-8-18(23)21-22-19(24)11-13-9-10-28(25,26)12-13/h1-5,7,13H,6,8-12H2,(H,21,23)(H,22,24). The minimum absolute atomic E-state index is 0.0111. The predicted molar refractivity (Wildman–Crippen MR) is 100 cm³/mol. The third-order valence-corrected chi connectivity index (χ3v) is 6.38. The highest BCUT2D eigenvalue weighted by Crippen LogP contribution is 2.25. The molecule has 150 valence electrons. The zero-order chi connectivity index (χ0) is 20.1. The van der Waals surface area contributed by atoms with Crippen LogP contribution in [0.5, 0.6) is 0 Å². The van der Waals surface area contributed by atoms with Crippen LogP contribution in [0.2, 0.25) is 0 Å². The highest BCUT2D eigenvalue weighted by molar-refractivity contribution is 7.91. The van der Waals surface area contributed by atoms with Gasteiger partial charge < -0.3 is 4.42 Å². The van der Waals surface area contributed by atoms with Gasteiger partial charge in [0.05, 0.1) is 17.1 Å². The van der Waals surface area contributed by atoms with Crippen LogP contribution in [-0.2, 0) is 25.8 Å². The van der Waals surface area contributed by atoms with Crippen LogP contribution < -0.4 is 10.9 Å². The summed E-state index contributed by atoms with van der Waals surface area (Å²) in [6.07, 6.45) is 0.884. The summed E-state index contributed by atoms with van der Waals surface area (Å²) in [6, 6.07) is 9.56. The van der Waals surface area contributed by atoms with Gasteiger partial charge in [0.15, 0.2) is 9.84 Å². The Morgan fingerprint density at radius 2 is 1.86 bits per heavy atom. The molecule has 1 aliphatic rings. The smallest absolute Gasteiger partial charge is 0.238 e. The van der Waals surface area contributed by atoms with E-state index < -0.39 is 21.7 Å². The molecule has 0 radical (unpaired) electrons. The van der Waals surface area contributed by atoms with Crippen LogP contribution in [0.3, 0.4) is 0 Å². The number of hydrogen-bond acceptors (Lipinski definition) is 5. The van der Waals surface area contributed by atoms with Gasteiger partial charge in [0, 0.05) is 19.3 Å². The number of halogens is 1. The van der Waals surface area contributed by atoms with Crippen molar-refractivity contribution in [1.82, 2.24) is 10.9 Å². The zero-order valence-electron chi connectivity index (χ0n) is 15.1. The minimum Gasteiger partial charge on any atom is -0.461 e. The van der Waals surface area contributed by atoms with Crippen LogP contribution in [0.15, 0.2) is 40.8 Å². The van der Waals surface area contributed by atoms with E-state index in [0.29, 0.717) is 23.5 Å². The number of rotatable bonds is 6. The molecule has 2 aromatic rings. The summed E-state index contributed by atoms with van der Waals surface area (Å²) in [4.78, 5) is 23.7. The molecule has 1 unspecified atom stereocenters. The average Bonchev–Trinajstić information content (AvgIpc) is 3.25. The van der Waals surface area contributed by atoms with Crippen LogP contribution >= 0.6 is 0 Å². The normalized spacial score (nSPS) is 18.0. The van der Waals surface area contributed by atoms with Crippen molar-refractivity contribution < 1.29 is 26.8 Å². The second-order valence-electron chi connectivity index (χ2n) is 6.82. The summed E-state index contributed by atoms with van der Waals surface area (Å²) in [6.45, 7) is 0. The van der Waals surface area contributed by atoms with Gasteiger partial charge in [-0.05, 0) is 36.6 Å². The van der Waals surface area contributed by atoms with Gasteiger partial charge in [-0.15, -0.1) is 0 Å². The molecule has 2 heterocycles. The molecule has 9 heteroatoms. The molecule has 2 amide bonds. The molecular weight excluding hydrogens is 387 g/mol. The topological polar surface area (TPSA) is 105 Å². The van der Waals surface area contributed by atoms with E-state index in [1.54, 1.807) is 30.3 Å². The predicted octanol–water partition coefficient (Wildman–Crippen LogP) is 1.99. The number of furan rings is 1. The van der Waals surface area contributed by atoms with Gasteiger partial charge in [-0.1, -0.05) is 12.1 Å².